The van der Waals surface area contributed by atoms with E-state index in [1.807, 2.05) is 39.0 Å². The quantitative estimate of drug-likeness (QED) is 0.288. The zero-order valence-corrected chi connectivity index (χ0v) is 24.3. The first-order valence-corrected chi connectivity index (χ1v) is 13.7. The van der Waals surface area contributed by atoms with E-state index in [0.717, 1.165) is 36.8 Å². The highest BCUT2D eigenvalue weighted by Gasteiger charge is 2.36. The average Bonchev–Trinajstić information content (AvgIpc) is 2.79. The van der Waals surface area contributed by atoms with Crippen LogP contribution in [0.25, 0.3) is 0 Å². The summed E-state index contributed by atoms with van der Waals surface area (Å²) in [6.45, 7) is 14.0. The summed E-state index contributed by atoms with van der Waals surface area (Å²) >= 11 is 0. The van der Waals surface area contributed by atoms with Crippen LogP contribution in [-0.4, -0.2) is 53.4 Å². The van der Waals surface area contributed by atoms with Crippen LogP contribution in [0.15, 0.2) is 18.2 Å². The molecule has 9 nitrogen and oxygen atoms in total. The number of nitrogens with one attached hydrogen (secondary N) is 2. The molecule has 0 saturated heterocycles. The third kappa shape index (κ3) is 12.0. The number of unbranched alkanes of at least 4 members (excludes halogenated alkanes) is 3. The first kappa shape index (κ1) is 32.9. The predicted molar refractivity (Wildman–Crippen MR) is 149 cm³/mol. The number of benzene rings is 1. The summed E-state index contributed by atoms with van der Waals surface area (Å²) in [5.74, 6) is -1.32. The van der Waals surface area contributed by atoms with Gasteiger partial charge < -0.3 is 26.0 Å². The molecule has 2 unspecified atom stereocenters. The topological polar surface area (TPSA) is 131 Å². The first-order chi connectivity index (χ1) is 17.8. The second-order valence-corrected chi connectivity index (χ2v) is 10.9. The number of nitrogens with two attached hydrogens (primary N) is 1. The van der Waals surface area contributed by atoms with Crippen molar-refractivity contribution in [2.75, 3.05) is 13.1 Å². The fourth-order valence-electron chi connectivity index (χ4n) is 4.22. The molecule has 0 aliphatic heterocycles. The van der Waals surface area contributed by atoms with Crippen molar-refractivity contribution in [3.8, 4) is 0 Å². The van der Waals surface area contributed by atoms with Gasteiger partial charge in [0.05, 0.1) is 0 Å². The first-order valence-electron chi connectivity index (χ1n) is 13.7. The smallest absolute Gasteiger partial charge is 0.408 e. The highest BCUT2D eigenvalue weighted by Crippen LogP contribution is 2.26. The Morgan fingerprint density at radius 2 is 1.58 bits per heavy atom. The van der Waals surface area contributed by atoms with E-state index in [9.17, 15) is 19.2 Å². The van der Waals surface area contributed by atoms with Crippen LogP contribution in [0.5, 0.6) is 0 Å². The van der Waals surface area contributed by atoms with Crippen molar-refractivity contribution in [3.05, 3.63) is 34.9 Å². The summed E-state index contributed by atoms with van der Waals surface area (Å²) in [4.78, 5) is 53.5. The van der Waals surface area contributed by atoms with Crippen molar-refractivity contribution in [2.45, 2.75) is 111 Å². The lowest BCUT2D eigenvalue weighted by atomic mass is 9.97. The maximum Gasteiger partial charge on any atom is 0.408 e. The number of hydrogen-bond donors (Lipinski definition) is 3. The average molecular weight is 533 g/mol. The highest BCUT2D eigenvalue weighted by molar-refractivity contribution is 5.92. The lowest BCUT2D eigenvalue weighted by molar-refractivity contribution is -0.142. The number of primary amides is 1. The zero-order chi connectivity index (χ0) is 28.9. The van der Waals surface area contributed by atoms with Crippen molar-refractivity contribution in [1.82, 2.24) is 15.5 Å². The van der Waals surface area contributed by atoms with E-state index in [4.69, 9.17) is 10.5 Å². The molecule has 0 bridgehead atoms. The molecule has 9 heteroatoms. The zero-order valence-electron chi connectivity index (χ0n) is 24.3. The van der Waals surface area contributed by atoms with Crippen molar-refractivity contribution in [2.24, 2.45) is 5.73 Å². The van der Waals surface area contributed by atoms with Gasteiger partial charge in [-0.05, 0) is 59.4 Å². The highest BCUT2D eigenvalue weighted by atomic mass is 16.6. The molecule has 2 atom stereocenters. The van der Waals surface area contributed by atoms with Crippen LogP contribution in [0, 0.1) is 13.8 Å². The van der Waals surface area contributed by atoms with Gasteiger partial charge in [0.25, 0.3) is 0 Å². The minimum Gasteiger partial charge on any atom is -0.444 e. The van der Waals surface area contributed by atoms with Crippen molar-refractivity contribution < 1.29 is 23.9 Å². The van der Waals surface area contributed by atoms with Crippen molar-refractivity contribution >= 4 is 23.8 Å². The number of carbonyl (C=O) groups is 4. The molecule has 0 radical (unpaired) electrons. The Morgan fingerprint density at radius 1 is 0.974 bits per heavy atom. The normalized spacial score (nSPS) is 12.8. The van der Waals surface area contributed by atoms with Gasteiger partial charge in [-0.15, -0.1) is 0 Å². The van der Waals surface area contributed by atoms with Gasteiger partial charge in [-0.1, -0.05) is 62.4 Å². The third-order valence-electron chi connectivity index (χ3n) is 5.90. The molecular formula is C29H48N4O5. The van der Waals surface area contributed by atoms with E-state index in [1.54, 1.807) is 20.8 Å². The fourth-order valence-corrected chi connectivity index (χ4v) is 4.22. The molecule has 0 saturated carbocycles. The van der Waals surface area contributed by atoms with Crippen LogP contribution < -0.4 is 16.4 Å². The molecule has 0 fully saturated rings. The summed E-state index contributed by atoms with van der Waals surface area (Å²) in [5.41, 5.74) is 7.26. The Morgan fingerprint density at radius 3 is 2.11 bits per heavy atom. The molecular weight excluding hydrogens is 484 g/mol. The third-order valence-corrected chi connectivity index (χ3v) is 5.90. The molecule has 4 N–H and O–H groups in total. The Balaban J connectivity index is 3.52. The van der Waals surface area contributed by atoms with E-state index in [1.165, 1.54) is 4.90 Å². The molecule has 0 aromatic heterocycles. The van der Waals surface area contributed by atoms with Gasteiger partial charge in [0.1, 0.15) is 17.7 Å². The maximum absolute atomic E-state index is 14.1. The summed E-state index contributed by atoms with van der Waals surface area (Å²) in [6, 6.07) is 3.86. The summed E-state index contributed by atoms with van der Waals surface area (Å²) < 4.78 is 5.38. The number of nitrogens with zero attached hydrogens (tertiary/aromatic N) is 1. The predicted octanol–water partition coefficient (Wildman–Crippen LogP) is 4.44. The molecule has 0 aliphatic carbocycles. The van der Waals surface area contributed by atoms with E-state index < -0.39 is 35.6 Å². The molecule has 0 aliphatic rings. The minimum atomic E-state index is -1.09. The number of hydrogen-bond acceptors (Lipinski definition) is 5. The van der Waals surface area contributed by atoms with E-state index in [-0.39, 0.29) is 18.7 Å². The number of aryl methyl sites for hydroxylation is 2. The minimum absolute atomic E-state index is 0.00525. The van der Waals surface area contributed by atoms with E-state index in [2.05, 4.69) is 17.6 Å². The van der Waals surface area contributed by atoms with Gasteiger partial charge >= 0.3 is 6.09 Å². The van der Waals surface area contributed by atoms with Crippen LogP contribution in [-0.2, 0) is 19.1 Å². The van der Waals surface area contributed by atoms with Crippen molar-refractivity contribution in [3.63, 3.8) is 0 Å². The molecule has 0 spiro atoms. The SMILES string of the molecule is CCCCCN(C(=O)C(CCC(N)=O)NC(=O)OC(C)(C)C)C(C(=O)NCCCC)c1cc(C)cc(C)c1. The number of rotatable bonds is 15. The Bertz CT molecular complexity index is 921. The number of carbonyl (C=O) groups excluding carboxylic acids is 4. The van der Waals surface area contributed by atoms with Gasteiger partial charge in [0.15, 0.2) is 0 Å². The summed E-state index contributed by atoms with van der Waals surface area (Å²) in [7, 11) is 0. The van der Waals surface area contributed by atoms with Crippen LogP contribution in [0.4, 0.5) is 4.79 Å². The van der Waals surface area contributed by atoms with E-state index in [0.29, 0.717) is 25.1 Å². The Labute approximate surface area is 228 Å². The van der Waals surface area contributed by atoms with Crippen LogP contribution >= 0.6 is 0 Å². The molecule has 4 amide bonds. The number of ether oxygens (including phenoxy) is 1. The molecule has 214 valence electrons. The Hall–Kier alpha value is -3.10. The lowest BCUT2D eigenvalue weighted by Gasteiger charge is -2.35. The fraction of sp³-hybridized carbons (Fsp3) is 0.655. The maximum atomic E-state index is 14.1. The summed E-state index contributed by atoms with van der Waals surface area (Å²) in [5, 5.41) is 5.62. The van der Waals surface area contributed by atoms with Gasteiger partial charge in [-0.2, -0.15) is 0 Å². The second-order valence-electron chi connectivity index (χ2n) is 10.9. The van der Waals surface area contributed by atoms with E-state index >= 15 is 0 Å². The Kier molecular flexibility index (Phi) is 13.9. The number of amides is 4. The van der Waals surface area contributed by atoms with Crippen LogP contribution in [0.2, 0.25) is 0 Å². The largest absolute Gasteiger partial charge is 0.444 e. The number of alkyl carbamates (subject to hydrolysis) is 1. The van der Waals surface area contributed by atoms with Gasteiger partial charge in [0, 0.05) is 19.5 Å². The molecule has 1 rings (SSSR count). The van der Waals surface area contributed by atoms with Gasteiger partial charge in [-0.25, -0.2) is 4.79 Å². The van der Waals surface area contributed by atoms with Gasteiger partial charge in [0.2, 0.25) is 17.7 Å². The molecule has 38 heavy (non-hydrogen) atoms. The summed E-state index contributed by atoms with van der Waals surface area (Å²) in [6.07, 6.45) is 3.33. The molecule has 0 heterocycles. The lowest BCUT2D eigenvalue weighted by Crippen LogP contribution is -2.53. The van der Waals surface area contributed by atoms with Crippen molar-refractivity contribution in [1.29, 1.82) is 0 Å². The van der Waals surface area contributed by atoms with Gasteiger partial charge in [-0.3, -0.25) is 14.4 Å². The molecule has 1 aromatic carbocycles. The monoisotopic (exact) mass is 532 g/mol. The standard InChI is InChI=1S/C29H48N4O5/c1-8-10-12-16-33(27(36)23(13-14-24(30)34)32-28(37)38-29(5,6)7)25(26(35)31-15-11-9-2)22-18-20(3)17-21(4)19-22/h17-19,23,25H,8-16H2,1-7H3,(H2,30,34)(H,31,35)(H,32,37). The second kappa shape index (κ2) is 16.0. The van der Waals surface area contributed by atoms with Crippen LogP contribution in [0.1, 0.15) is 102 Å². The molecule has 1 aromatic rings. The van der Waals surface area contributed by atoms with Crippen LogP contribution in [0.3, 0.4) is 0 Å².